The zero-order chi connectivity index (χ0) is 14.0. The molecule has 114 valence electrons. The monoisotopic (exact) mass is 294 g/mol. The highest BCUT2D eigenvalue weighted by Crippen LogP contribution is 2.11. The van der Waals surface area contributed by atoms with Crippen molar-refractivity contribution < 1.29 is 17.9 Å². The quantitative estimate of drug-likeness (QED) is 0.559. The van der Waals surface area contributed by atoms with Crippen LogP contribution in [0.15, 0.2) is 0 Å². The number of sulfonamides is 1. The molecule has 19 heavy (non-hydrogen) atoms. The van der Waals surface area contributed by atoms with Gasteiger partial charge >= 0.3 is 0 Å². The number of ether oxygens (including phenoxy) is 2. The summed E-state index contributed by atoms with van der Waals surface area (Å²) in [6.07, 6.45) is 3.07. The second-order valence-electron chi connectivity index (χ2n) is 4.70. The predicted octanol–water partition coefficient (Wildman–Crippen LogP) is 0.101. The number of rotatable bonds is 10. The lowest BCUT2D eigenvalue weighted by molar-refractivity contribution is 0.0689. The fraction of sp³-hybridized carbons (Fsp3) is 1.00. The molecule has 2 N–H and O–H groups in total. The van der Waals surface area contributed by atoms with Gasteiger partial charge in [0.2, 0.25) is 10.0 Å². The van der Waals surface area contributed by atoms with Crippen LogP contribution in [0.4, 0.5) is 0 Å². The van der Waals surface area contributed by atoms with Gasteiger partial charge in [0.05, 0.1) is 18.5 Å². The van der Waals surface area contributed by atoms with E-state index in [4.69, 9.17) is 9.47 Å². The molecule has 0 aromatic rings. The van der Waals surface area contributed by atoms with Gasteiger partial charge in [-0.05, 0) is 38.8 Å². The molecule has 1 heterocycles. The van der Waals surface area contributed by atoms with Crippen LogP contribution in [0.25, 0.3) is 0 Å². The molecule has 0 bridgehead atoms. The molecule has 1 aliphatic rings. The number of hydrogen-bond donors (Lipinski definition) is 2. The first kappa shape index (κ1) is 16.8. The van der Waals surface area contributed by atoms with Crippen LogP contribution < -0.4 is 10.0 Å². The van der Waals surface area contributed by atoms with Gasteiger partial charge in [0.25, 0.3) is 0 Å². The fourth-order valence-corrected chi connectivity index (χ4v) is 3.53. The summed E-state index contributed by atoms with van der Waals surface area (Å²) in [6, 6.07) is 0. The summed E-state index contributed by atoms with van der Waals surface area (Å²) < 4.78 is 36.8. The molecule has 0 amide bonds. The summed E-state index contributed by atoms with van der Waals surface area (Å²) in [5.41, 5.74) is 0. The minimum atomic E-state index is -3.14. The van der Waals surface area contributed by atoms with Crippen LogP contribution in [0.3, 0.4) is 0 Å². The van der Waals surface area contributed by atoms with E-state index in [1.165, 1.54) is 0 Å². The average molecular weight is 294 g/mol. The Bertz CT molecular complexity index is 316. The highest BCUT2D eigenvalue weighted by molar-refractivity contribution is 7.90. The van der Waals surface area contributed by atoms with E-state index in [2.05, 4.69) is 10.0 Å². The smallest absolute Gasteiger partial charge is 0.214 e. The fourth-order valence-electron chi connectivity index (χ4n) is 2.01. The van der Waals surface area contributed by atoms with Crippen LogP contribution in [0.1, 0.15) is 25.7 Å². The largest absolute Gasteiger partial charge is 0.382 e. The van der Waals surface area contributed by atoms with E-state index in [-0.39, 0.29) is 5.25 Å². The van der Waals surface area contributed by atoms with Crippen LogP contribution in [-0.2, 0) is 19.5 Å². The number of piperidine rings is 1. The number of methoxy groups -OCH3 is 1. The third-order valence-corrected chi connectivity index (χ3v) is 5.13. The third-order valence-electron chi connectivity index (χ3n) is 3.18. The molecule has 0 aromatic heterocycles. The first-order valence-electron chi connectivity index (χ1n) is 6.92. The molecule has 0 aliphatic carbocycles. The van der Waals surface area contributed by atoms with Gasteiger partial charge in [-0.15, -0.1) is 0 Å². The van der Waals surface area contributed by atoms with Crippen molar-refractivity contribution in [3.8, 4) is 0 Å². The Morgan fingerprint density at radius 3 is 2.58 bits per heavy atom. The van der Waals surface area contributed by atoms with E-state index in [9.17, 15) is 8.42 Å². The molecule has 1 rings (SSSR count). The van der Waals surface area contributed by atoms with E-state index >= 15 is 0 Å². The highest BCUT2D eigenvalue weighted by Gasteiger charge is 2.26. The summed E-state index contributed by atoms with van der Waals surface area (Å²) in [4.78, 5) is 0. The molecule has 1 fully saturated rings. The Morgan fingerprint density at radius 2 is 1.89 bits per heavy atom. The lowest BCUT2D eigenvalue weighted by atomic mass is 10.2. The van der Waals surface area contributed by atoms with Gasteiger partial charge in [-0.3, -0.25) is 0 Å². The van der Waals surface area contributed by atoms with Crippen molar-refractivity contribution in [3.05, 3.63) is 0 Å². The van der Waals surface area contributed by atoms with E-state index in [1.54, 1.807) is 7.11 Å². The summed E-state index contributed by atoms with van der Waals surface area (Å²) >= 11 is 0. The van der Waals surface area contributed by atoms with Crippen LogP contribution in [0.5, 0.6) is 0 Å². The van der Waals surface area contributed by atoms with Gasteiger partial charge in [0.15, 0.2) is 0 Å². The normalized spacial score (nSPS) is 17.7. The maximum absolute atomic E-state index is 12.0. The van der Waals surface area contributed by atoms with Gasteiger partial charge in [0, 0.05) is 20.3 Å². The Labute approximate surface area is 116 Å². The maximum Gasteiger partial charge on any atom is 0.214 e. The Hall–Kier alpha value is -0.210. The van der Waals surface area contributed by atoms with E-state index in [0.717, 1.165) is 25.9 Å². The summed E-state index contributed by atoms with van der Waals surface area (Å²) in [7, 11) is -1.50. The molecule has 0 unspecified atom stereocenters. The Kier molecular flexibility index (Phi) is 8.56. The molecule has 0 atom stereocenters. The second-order valence-corrected chi connectivity index (χ2v) is 6.75. The van der Waals surface area contributed by atoms with E-state index in [0.29, 0.717) is 39.2 Å². The van der Waals surface area contributed by atoms with Gasteiger partial charge in [-0.1, -0.05) is 0 Å². The SMILES string of the molecule is COCCOCCCCNS(=O)(=O)C1CCNCC1. The zero-order valence-corrected chi connectivity index (χ0v) is 12.5. The summed E-state index contributed by atoms with van der Waals surface area (Å²) in [5.74, 6) is 0. The molecule has 1 saturated heterocycles. The second kappa shape index (κ2) is 9.66. The van der Waals surface area contributed by atoms with Crippen molar-refractivity contribution in [3.63, 3.8) is 0 Å². The van der Waals surface area contributed by atoms with Crippen molar-refractivity contribution in [2.45, 2.75) is 30.9 Å². The first-order chi connectivity index (χ1) is 9.17. The van der Waals surface area contributed by atoms with Crippen molar-refractivity contribution in [2.24, 2.45) is 0 Å². The highest BCUT2D eigenvalue weighted by atomic mass is 32.2. The molecule has 6 nitrogen and oxygen atoms in total. The van der Waals surface area contributed by atoms with Crippen molar-refractivity contribution in [1.82, 2.24) is 10.0 Å². The first-order valence-corrected chi connectivity index (χ1v) is 8.47. The minimum absolute atomic E-state index is 0.230. The molecule has 0 spiro atoms. The average Bonchev–Trinajstić information content (AvgIpc) is 2.43. The molecule has 1 aliphatic heterocycles. The Morgan fingerprint density at radius 1 is 1.16 bits per heavy atom. The van der Waals surface area contributed by atoms with Gasteiger partial charge in [-0.25, -0.2) is 13.1 Å². The zero-order valence-electron chi connectivity index (χ0n) is 11.7. The molecule has 0 radical (unpaired) electrons. The lowest BCUT2D eigenvalue weighted by Crippen LogP contribution is -2.41. The summed E-state index contributed by atoms with van der Waals surface area (Å²) in [5, 5.41) is 2.94. The number of hydrogen-bond acceptors (Lipinski definition) is 5. The topological polar surface area (TPSA) is 76.7 Å². The standard InChI is InChI=1S/C12H26N2O4S/c1-17-10-11-18-9-3-2-6-14-19(15,16)12-4-7-13-8-5-12/h12-14H,2-11H2,1H3. The third kappa shape index (κ3) is 7.22. The minimum Gasteiger partial charge on any atom is -0.382 e. The number of unbranched alkanes of at least 4 members (excludes halogenated alkanes) is 1. The van der Waals surface area contributed by atoms with Crippen LogP contribution in [0, 0.1) is 0 Å². The molecular weight excluding hydrogens is 268 g/mol. The van der Waals surface area contributed by atoms with Gasteiger partial charge in [0.1, 0.15) is 0 Å². The molecule has 0 saturated carbocycles. The summed E-state index contributed by atoms with van der Waals surface area (Å²) in [6.45, 7) is 3.93. The predicted molar refractivity (Wildman–Crippen MR) is 74.7 cm³/mol. The van der Waals surface area contributed by atoms with E-state index < -0.39 is 10.0 Å². The van der Waals surface area contributed by atoms with E-state index in [1.807, 2.05) is 0 Å². The van der Waals surface area contributed by atoms with Crippen molar-refractivity contribution >= 4 is 10.0 Å². The Balaban J connectivity index is 2.04. The van der Waals surface area contributed by atoms with Gasteiger partial charge < -0.3 is 14.8 Å². The van der Waals surface area contributed by atoms with Gasteiger partial charge in [-0.2, -0.15) is 0 Å². The maximum atomic E-state index is 12.0. The van der Waals surface area contributed by atoms with Crippen LogP contribution in [-0.4, -0.2) is 60.2 Å². The molecule has 7 heteroatoms. The molecule has 0 aromatic carbocycles. The molecular formula is C12H26N2O4S. The van der Waals surface area contributed by atoms with Crippen molar-refractivity contribution in [1.29, 1.82) is 0 Å². The lowest BCUT2D eigenvalue weighted by Gasteiger charge is -2.22. The van der Waals surface area contributed by atoms with Crippen LogP contribution in [0.2, 0.25) is 0 Å². The van der Waals surface area contributed by atoms with Crippen molar-refractivity contribution in [2.75, 3.05) is 46.6 Å². The van der Waals surface area contributed by atoms with Crippen LogP contribution >= 0.6 is 0 Å². The number of nitrogens with one attached hydrogen (secondary N) is 2.